The highest BCUT2D eigenvalue weighted by atomic mass is 32.1. The second-order valence-corrected chi connectivity index (χ2v) is 5.64. The molecule has 5 nitrogen and oxygen atoms in total. The fraction of sp³-hybridized carbons (Fsp3) is 0.500. The molecule has 6 heteroatoms. The normalized spacial score (nSPS) is 12.6. The van der Waals surface area contributed by atoms with E-state index in [1.165, 1.54) is 11.5 Å². The Balaban J connectivity index is 2.24. The topological polar surface area (TPSA) is 59.9 Å². The van der Waals surface area contributed by atoms with E-state index in [2.05, 4.69) is 26.8 Å². The van der Waals surface area contributed by atoms with Crippen molar-refractivity contribution < 1.29 is 4.74 Å². The zero-order chi connectivity index (χ0) is 14.4. The fourth-order valence-electron chi connectivity index (χ4n) is 1.90. The Kier molecular flexibility index (Phi) is 5.43. The molecule has 0 fully saturated rings. The molecule has 2 aromatic rings. The first-order valence-corrected chi connectivity index (χ1v) is 7.60. The number of hydrogen-bond donors (Lipinski definition) is 1. The van der Waals surface area contributed by atoms with Crippen molar-refractivity contribution in [2.45, 2.75) is 39.3 Å². The summed E-state index contributed by atoms with van der Waals surface area (Å²) in [4.78, 5) is 5.36. The minimum Gasteiger partial charge on any atom is -0.489 e. The third-order valence-corrected chi connectivity index (χ3v) is 3.43. The van der Waals surface area contributed by atoms with Crippen LogP contribution in [0.3, 0.4) is 0 Å². The molecule has 0 amide bonds. The molecule has 20 heavy (non-hydrogen) atoms. The van der Waals surface area contributed by atoms with Gasteiger partial charge >= 0.3 is 0 Å². The van der Waals surface area contributed by atoms with Gasteiger partial charge in [-0.1, -0.05) is 11.4 Å². The average molecular weight is 292 g/mol. The van der Waals surface area contributed by atoms with E-state index in [1.807, 2.05) is 26.1 Å². The predicted octanol–water partition coefficient (Wildman–Crippen LogP) is 2.81. The Hall–Kier alpha value is -1.53. The molecule has 0 saturated carbocycles. The van der Waals surface area contributed by atoms with Crippen LogP contribution in [0, 0.1) is 0 Å². The van der Waals surface area contributed by atoms with Crippen molar-refractivity contribution in [3.63, 3.8) is 0 Å². The number of pyridine rings is 1. The second-order valence-electron chi connectivity index (χ2n) is 4.83. The summed E-state index contributed by atoms with van der Waals surface area (Å²) in [6, 6.07) is 2.10. The Morgan fingerprint density at radius 3 is 2.80 bits per heavy atom. The highest BCUT2D eigenvalue weighted by Crippen LogP contribution is 2.26. The summed E-state index contributed by atoms with van der Waals surface area (Å²) in [7, 11) is 0. The molecule has 2 aromatic heterocycles. The smallest absolute Gasteiger partial charge is 0.138 e. The average Bonchev–Trinajstić information content (AvgIpc) is 2.93. The summed E-state index contributed by atoms with van der Waals surface area (Å²) in [5.41, 5.74) is 1.07. The number of ether oxygens (including phenoxy) is 1. The van der Waals surface area contributed by atoms with Gasteiger partial charge in [0.1, 0.15) is 5.75 Å². The molecule has 0 spiro atoms. The molecule has 1 atom stereocenters. The van der Waals surface area contributed by atoms with Crippen molar-refractivity contribution in [3.8, 4) is 5.75 Å². The Morgan fingerprint density at radius 2 is 2.15 bits per heavy atom. The Morgan fingerprint density at radius 1 is 1.30 bits per heavy atom. The van der Waals surface area contributed by atoms with E-state index < -0.39 is 0 Å². The molecule has 0 aliphatic heterocycles. The minimum atomic E-state index is 0.0677. The molecule has 0 saturated heterocycles. The quantitative estimate of drug-likeness (QED) is 0.850. The van der Waals surface area contributed by atoms with Crippen molar-refractivity contribution in [1.82, 2.24) is 19.9 Å². The van der Waals surface area contributed by atoms with Crippen LogP contribution >= 0.6 is 11.5 Å². The summed E-state index contributed by atoms with van der Waals surface area (Å²) < 4.78 is 9.66. The van der Waals surface area contributed by atoms with Crippen molar-refractivity contribution in [3.05, 3.63) is 35.1 Å². The van der Waals surface area contributed by atoms with Crippen LogP contribution in [0.25, 0.3) is 0 Å². The maximum absolute atomic E-state index is 5.71. The van der Waals surface area contributed by atoms with Gasteiger partial charge in [0.05, 0.1) is 29.4 Å². The van der Waals surface area contributed by atoms with Crippen LogP contribution in [0.4, 0.5) is 0 Å². The summed E-state index contributed by atoms with van der Waals surface area (Å²) >= 11 is 1.40. The first kappa shape index (κ1) is 14.9. The van der Waals surface area contributed by atoms with E-state index in [4.69, 9.17) is 4.74 Å². The van der Waals surface area contributed by atoms with E-state index in [9.17, 15) is 0 Å². The van der Waals surface area contributed by atoms with E-state index in [1.54, 1.807) is 12.4 Å². The van der Waals surface area contributed by atoms with Gasteiger partial charge in [0, 0.05) is 6.20 Å². The number of hydrogen-bond acceptors (Lipinski definition) is 6. The number of aromatic nitrogens is 3. The lowest BCUT2D eigenvalue weighted by Crippen LogP contribution is -2.22. The molecule has 1 unspecified atom stereocenters. The zero-order valence-corrected chi connectivity index (χ0v) is 12.9. The predicted molar refractivity (Wildman–Crippen MR) is 80.0 cm³/mol. The lowest BCUT2D eigenvalue weighted by Gasteiger charge is -2.18. The van der Waals surface area contributed by atoms with Crippen molar-refractivity contribution in [2.24, 2.45) is 0 Å². The first-order valence-electron chi connectivity index (χ1n) is 6.83. The van der Waals surface area contributed by atoms with Crippen molar-refractivity contribution >= 4 is 11.5 Å². The van der Waals surface area contributed by atoms with Crippen molar-refractivity contribution in [2.75, 3.05) is 6.54 Å². The monoisotopic (exact) mass is 292 g/mol. The standard InChI is InChI=1S/C14H20N4OS/c1-4-5-16-14(13-9-17-18-20-13)11-6-12(8-15-7-11)19-10(2)3/h6-10,14,16H,4-5H2,1-3H3. The molecule has 1 N–H and O–H groups in total. The van der Waals surface area contributed by atoms with E-state index in [0.29, 0.717) is 0 Å². The van der Waals surface area contributed by atoms with Crippen LogP contribution in [0.15, 0.2) is 24.7 Å². The molecular formula is C14H20N4OS. The van der Waals surface area contributed by atoms with E-state index >= 15 is 0 Å². The van der Waals surface area contributed by atoms with Crippen LogP contribution in [-0.2, 0) is 0 Å². The van der Waals surface area contributed by atoms with Crippen LogP contribution in [-0.4, -0.2) is 27.2 Å². The molecule has 2 rings (SSSR count). The molecule has 108 valence electrons. The lowest BCUT2D eigenvalue weighted by molar-refractivity contribution is 0.241. The third kappa shape index (κ3) is 3.98. The first-order chi connectivity index (χ1) is 9.70. The van der Waals surface area contributed by atoms with Crippen LogP contribution in [0.2, 0.25) is 0 Å². The summed E-state index contributed by atoms with van der Waals surface area (Å²) in [5.74, 6) is 0.790. The van der Waals surface area contributed by atoms with Crippen LogP contribution in [0.5, 0.6) is 5.75 Å². The maximum atomic E-state index is 5.71. The van der Waals surface area contributed by atoms with E-state index in [-0.39, 0.29) is 12.1 Å². The molecule has 0 aliphatic carbocycles. The maximum Gasteiger partial charge on any atom is 0.138 e. The highest BCUT2D eigenvalue weighted by Gasteiger charge is 2.17. The number of nitrogens with one attached hydrogen (secondary N) is 1. The van der Waals surface area contributed by atoms with Gasteiger partial charge in [0.25, 0.3) is 0 Å². The highest BCUT2D eigenvalue weighted by molar-refractivity contribution is 7.05. The molecule has 0 bridgehead atoms. The van der Waals surface area contributed by atoms with Gasteiger partial charge < -0.3 is 10.1 Å². The largest absolute Gasteiger partial charge is 0.489 e. The zero-order valence-electron chi connectivity index (χ0n) is 12.0. The van der Waals surface area contributed by atoms with Gasteiger partial charge in [-0.15, -0.1) is 5.10 Å². The van der Waals surface area contributed by atoms with Gasteiger partial charge in [-0.05, 0) is 50.0 Å². The number of rotatable bonds is 7. The Bertz CT molecular complexity index is 516. The summed E-state index contributed by atoms with van der Waals surface area (Å²) in [6.07, 6.45) is 6.61. The molecule has 0 radical (unpaired) electrons. The van der Waals surface area contributed by atoms with Gasteiger partial charge in [-0.25, -0.2) is 0 Å². The molecule has 0 aliphatic rings. The van der Waals surface area contributed by atoms with Gasteiger partial charge in [-0.2, -0.15) is 0 Å². The van der Waals surface area contributed by atoms with Gasteiger partial charge in [0.2, 0.25) is 0 Å². The lowest BCUT2D eigenvalue weighted by atomic mass is 10.1. The third-order valence-electron chi connectivity index (χ3n) is 2.70. The minimum absolute atomic E-state index is 0.0677. The fourth-order valence-corrected chi connectivity index (χ4v) is 2.51. The Labute approximate surface area is 123 Å². The molecule has 2 heterocycles. The SMILES string of the molecule is CCCNC(c1cncc(OC(C)C)c1)c1cnns1. The van der Waals surface area contributed by atoms with Gasteiger partial charge in [0.15, 0.2) is 0 Å². The second kappa shape index (κ2) is 7.31. The van der Waals surface area contributed by atoms with Crippen LogP contribution in [0.1, 0.15) is 43.7 Å². The van der Waals surface area contributed by atoms with Crippen molar-refractivity contribution in [1.29, 1.82) is 0 Å². The molecular weight excluding hydrogens is 272 g/mol. The number of nitrogens with zero attached hydrogens (tertiary/aromatic N) is 3. The summed E-state index contributed by atoms with van der Waals surface area (Å²) in [5, 5.41) is 7.43. The van der Waals surface area contributed by atoms with E-state index in [0.717, 1.165) is 29.2 Å². The van der Waals surface area contributed by atoms with Crippen LogP contribution < -0.4 is 10.1 Å². The van der Waals surface area contributed by atoms with Gasteiger partial charge in [-0.3, -0.25) is 4.98 Å². The summed E-state index contributed by atoms with van der Waals surface area (Å²) in [6.45, 7) is 7.09. The molecule has 0 aromatic carbocycles.